The van der Waals surface area contributed by atoms with E-state index in [0.717, 1.165) is 0 Å². The molecule has 0 aliphatic carbocycles. The summed E-state index contributed by atoms with van der Waals surface area (Å²) in [5.41, 5.74) is 0. The van der Waals surface area contributed by atoms with Crippen molar-refractivity contribution in [2.45, 2.75) is 0 Å². The average molecular weight is 270 g/mol. The van der Waals surface area contributed by atoms with Crippen LogP contribution >= 0.6 is 0 Å². The third-order valence-corrected chi connectivity index (χ3v) is 0. The average Bonchev–Trinajstić information content (AvgIpc) is 1.59. The second kappa shape index (κ2) is 14.4. The number of rotatable bonds is 0. The summed E-state index contributed by atoms with van der Waals surface area (Å²) in [6, 6.07) is 0. The Morgan fingerprint density at radius 1 is 0.786 bits per heavy atom. The smallest absolute Gasteiger partial charge is 0.726 e. The van der Waals surface area contributed by atoms with Crippen molar-refractivity contribution >= 4 is 27.6 Å². The Balaban J connectivity index is -0.0000000292. The second-order valence-corrected chi connectivity index (χ2v) is 2.57. The van der Waals surface area contributed by atoms with Crippen LogP contribution in [0.2, 0.25) is 0 Å². The van der Waals surface area contributed by atoms with Gasteiger partial charge in [0.05, 0.1) is 0 Å². The summed E-state index contributed by atoms with van der Waals surface area (Å²) >= 11 is 0. The first-order valence-corrected chi connectivity index (χ1v) is 4.38. The maximum atomic E-state index is 8.63. The van der Waals surface area contributed by atoms with E-state index >= 15 is 0 Å². The normalized spacial score (nSPS) is 8.57. The van der Waals surface area contributed by atoms with Crippen LogP contribution in [-0.2, 0) is 25.6 Å². The van der Waals surface area contributed by atoms with E-state index < -0.39 is 20.8 Å². The molecule has 0 atom stereocenters. The standard InChI is InChI=1S/CH2O.2Na.2H2O4S/c1-2;;;2*1-5(2,3)4/h1H2;;;2*(H2,1,2,3,4)/q;2*+1;;/p-2. The summed E-state index contributed by atoms with van der Waals surface area (Å²) in [5, 5.41) is 0. The quantitative estimate of drug-likeness (QED) is 0.246. The molecule has 0 spiro atoms. The molecule has 14 heavy (non-hydrogen) atoms. The predicted octanol–water partition coefficient (Wildman–Crippen LogP) is -8.17. The molecule has 0 aromatic carbocycles. The van der Waals surface area contributed by atoms with Crippen molar-refractivity contribution in [2.24, 2.45) is 0 Å². The van der Waals surface area contributed by atoms with E-state index in [1.807, 2.05) is 6.79 Å². The fourth-order valence-corrected chi connectivity index (χ4v) is 0. The van der Waals surface area contributed by atoms with E-state index in [4.69, 9.17) is 39.8 Å². The monoisotopic (exact) mass is 270 g/mol. The first-order chi connectivity index (χ1) is 5.00. The van der Waals surface area contributed by atoms with Gasteiger partial charge in [-0.05, 0) is 0 Å². The zero-order valence-corrected chi connectivity index (χ0v) is 12.9. The van der Waals surface area contributed by atoms with E-state index in [0.29, 0.717) is 0 Å². The van der Waals surface area contributed by atoms with Crippen molar-refractivity contribution in [3.8, 4) is 0 Å². The van der Waals surface area contributed by atoms with Gasteiger partial charge in [0.1, 0.15) is 6.79 Å². The first-order valence-electron chi connectivity index (χ1n) is 1.65. The third kappa shape index (κ3) is 1040. The molecule has 2 N–H and O–H groups in total. The van der Waals surface area contributed by atoms with Crippen LogP contribution < -0.4 is 59.1 Å². The van der Waals surface area contributed by atoms with Crippen LogP contribution in [0.5, 0.6) is 0 Å². The van der Waals surface area contributed by atoms with E-state index in [1.165, 1.54) is 0 Å². The van der Waals surface area contributed by atoms with Gasteiger partial charge in [0.2, 0.25) is 20.8 Å². The summed E-state index contributed by atoms with van der Waals surface area (Å²) in [5.74, 6) is 0. The number of hydrogen-bond acceptors (Lipinski definition) is 7. The van der Waals surface area contributed by atoms with Crippen LogP contribution in [0.4, 0.5) is 0 Å². The fourth-order valence-electron chi connectivity index (χ4n) is 0. The second-order valence-electron chi connectivity index (χ2n) is 0.855. The Hall–Kier alpha value is 1.41. The SMILES string of the molecule is C=O.O=S(=O)([O-])O.O=S(=O)([O-])O.[Na+].[Na+]. The van der Waals surface area contributed by atoms with Gasteiger partial charge >= 0.3 is 59.1 Å². The van der Waals surface area contributed by atoms with Gasteiger partial charge in [-0.25, -0.2) is 16.8 Å². The fraction of sp³-hybridized carbons (Fsp3) is 0. The third-order valence-electron chi connectivity index (χ3n) is 0. The molecule has 0 aromatic rings. The zero-order chi connectivity index (χ0) is 11.0. The van der Waals surface area contributed by atoms with Crippen LogP contribution in [0.15, 0.2) is 0 Å². The molecule has 76 valence electrons. The van der Waals surface area contributed by atoms with Crippen LogP contribution in [0.25, 0.3) is 0 Å². The Morgan fingerprint density at radius 3 is 0.786 bits per heavy atom. The molecular formula is CH4Na2O9S2. The number of hydrogen-bond donors (Lipinski definition) is 2. The van der Waals surface area contributed by atoms with E-state index in [-0.39, 0.29) is 59.1 Å². The van der Waals surface area contributed by atoms with Crippen LogP contribution in [0.3, 0.4) is 0 Å². The molecule has 0 bridgehead atoms. The van der Waals surface area contributed by atoms with Crippen LogP contribution in [0, 0.1) is 0 Å². The topological polar surface area (TPSA) is 172 Å². The maximum absolute atomic E-state index is 8.63. The molecule has 0 fully saturated rings. The van der Waals surface area contributed by atoms with Crippen molar-refractivity contribution in [1.82, 2.24) is 0 Å². The minimum absolute atomic E-state index is 0. The van der Waals surface area contributed by atoms with E-state index in [1.54, 1.807) is 0 Å². The zero-order valence-electron chi connectivity index (χ0n) is 7.28. The van der Waals surface area contributed by atoms with Crippen molar-refractivity contribution in [2.75, 3.05) is 0 Å². The molecular weight excluding hydrogens is 266 g/mol. The van der Waals surface area contributed by atoms with Gasteiger partial charge in [-0.2, -0.15) is 0 Å². The molecule has 9 nitrogen and oxygen atoms in total. The van der Waals surface area contributed by atoms with Gasteiger partial charge in [-0.15, -0.1) is 0 Å². The summed E-state index contributed by atoms with van der Waals surface area (Å²) < 4.78 is 65.7. The summed E-state index contributed by atoms with van der Waals surface area (Å²) in [6.07, 6.45) is 0. The predicted molar refractivity (Wildman–Crippen MR) is 31.8 cm³/mol. The molecule has 13 heteroatoms. The summed E-state index contributed by atoms with van der Waals surface area (Å²) in [7, 11) is -9.83. The minimum atomic E-state index is -4.92. The largest absolute Gasteiger partial charge is 1.00 e. The van der Waals surface area contributed by atoms with Crippen LogP contribution in [-0.4, -0.2) is 41.8 Å². The Morgan fingerprint density at radius 2 is 0.786 bits per heavy atom. The van der Waals surface area contributed by atoms with Gasteiger partial charge in [-0.1, -0.05) is 0 Å². The van der Waals surface area contributed by atoms with Gasteiger partial charge in [0.25, 0.3) is 0 Å². The number of carbonyl (C=O) groups is 1. The Kier molecular flexibility index (Phi) is 30.4. The molecule has 0 radical (unpaired) electrons. The molecule has 0 amide bonds. The van der Waals surface area contributed by atoms with Gasteiger partial charge in [-0.3, -0.25) is 9.11 Å². The van der Waals surface area contributed by atoms with Gasteiger partial charge < -0.3 is 13.9 Å². The van der Waals surface area contributed by atoms with Gasteiger partial charge in [0.15, 0.2) is 0 Å². The minimum Gasteiger partial charge on any atom is -0.726 e. The van der Waals surface area contributed by atoms with Crippen molar-refractivity contribution in [1.29, 1.82) is 0 Å². The molecule has 0 saturated carbocycles. The summed E-state index contributed by atoms with van der Waals surface area (Å²) in [6.45, 7) is 2.00. The van der Waals surface area contributed by atoms with Crippen molar-refractivity contribution in [3.63, 3.8) is 0 Å². The van der Waals surface area contributed by atoms with E-state index in [2.05, 4.69) is 0 Å². The first kappa shape index (κ1) is 29.5. The molecule has 0 aliphatic rings. The molecule has 0 saturated heterocycles. The summed E-state index contributed by atoms with van der Waals surface area (Å²) in [4.78, 5) is 8.00. The Labute approximate surface area is 125 Å². The van der Waals surface area contributed by atoms with Crippen molar-refractivity contribution < 1.29 is 99.0 Å². The van der Waals surface area contributed by atoms with E-state index in [9.17, 15) is 0 Å². The number of carbonyl (C=O) groups excluding carboxylic acids is 1. The molecule has 0 aromatic heterocycles. The molecule has 0 aliphatic heterocycles. The van der Waals surface area contributed by atoms with Gasteiger partial charge in [0, 0.05) is 0 Å². The molecule has 0 unspecified atom stereocenters. The molecule has 0 heterocycles. The maximum Gasteiger partial charge on any atom is 1.00 e. The molecule has 0 rings (SSSR count). The van der Waals surface area contributed by atoms with Crippen molar-refractivity contribution in [3.05, 3.63) is 0 Å². The van der Waals surface area contributed by atoms with Crippen LogP contribution in [0.1, 0.15) is 0 Å². The Bertz CT molecular complexity index is 230.